The highest BCUT2D eigenvalue weighted by molar-refractivity contribution is 7.89. The van der Waals surface area contributed by atoms with E-state index < -0.39 is 16.1 Å². The van der Waals surface area contributed by atoms with Gasteiger partial charge in [-0.2, -0.15) is 4.31 Å². The highest BCUT2D eigenvalue weighted by atomic mass is 32.2. The number of carbonyl (C=O) groups excluding carboxylic acids is 1. The smallest absolute Gasteiger partial charge is 0.246 e. The van der Waals surface area contributed by atoms with Crippen LogP contribution in [0, 0.1) is 5.82 Å². The van der Waals surface area contributed by atoms with E-state index in [4.69, 9.17) is 0 Å². The highest BCUT2D eigenvalue weighted by Crippen LogP contribution is 2.22. The summed E-state index contributed by atoms with van der Waals surface area (Å²) in [7, 11) is -3.50. The number of benzene rings is 2. The number of carbonyl (C=O) groups is 1. The fourth-order valence-electron chi connectivity index (χ4n) is 3.11. The zero-order valence-electron chi connectivity index (χ0n) is 15.7. The topological polar surface area (TPSA) is 78.5 Å². The summed E-state index contributed by atoms with van der Waals surface area (Å²) in [6.45, 7) is 2.75. The molecule has 150 valence electrons. The summed E-state index contributed by atoms with van der Waals surface area (Å²) < 4.78 is 40.1. The molecule has 6 nitrogen and oxygen atoms in total. The Morgan fingerprint density at radius 1 is 1.04 bits per heavy atom. The maximum Gasteiger partial charge on any atom is 0.246 e. The molecular formula is C20H24FN3O3S. The van der Waals surface area contributed by atoms with Crippen molar-refractivity contribution in [3.63, 3.8) is 0 Å². The Labute approximate surface area is 164 Å². The number of hydrogen-bond donors (Lipinski definition) is 2. The normalized spacial score (nSPS) is 16.4. The summed E-state index contributed by atoms with van der Waals surface area (Å²) in [5.41, 5.74) is 1.00. The second-order valence-corrected chi connectivity index (χ2v) is 8.79. The standard InChI is InChI=1S/C20H24FN3O3S/c1-15(22-18-7-5-6-16(21)14-18)20(25)23-17-8-10-19(11-9-17)28(26,27)24-12-3-2-4-13-24/h5-11,14-15,22H,2-4,12-13H2,1H3,(H,23,25)/t15-/m0/s1. The average molecular weight is 405 g/mol. The van der Waals surface area contributed by atoms with Gasteiger partial charge in [0, 0.05) is 24.5 Å². The van der Waals surface area contributed by atoms with Gasteiger partial charge >= 0.3 is 0 Å². The summed E-state index contributed by atoms with van der Waals surface area (Å²) in [4.78, 5) is 12.6. The van der Waals surface area contributed by atoms with E-state index in [1.165, 1.54) is 28.6 Å². The maximum absolute atomic E-state index is 13.2. The van der Waals surface area contributed by atoms with Gasteiger partial charge in [-0.05, 0) is 62.2 Å². The van der Waals surface area contributed by atoms with E-state index in [-0.39, 0.29) is 16.6 Å². The molecule has 0 aromatic heterocycles. The first-order valence-corrected chi connectivity index (χ1v) is 10.7. The predicted octanol–water partition coefficient (Wildman–Crippen LogP) is 3.44. The molecule has 1 aliphatic rings. The molecule has 1 saturated heterocycles. The minimum atomic E-state index is -3.50. The lowest BCUT2D eigenvalue weighted by Gasteiger charge is -2.25. The van der Waals surface area contributed by atoms with Crippen LogP contribution in [0.15, 0.2) is 53.4 Å². The Hall–Kier alpha value is -2.45. The Morgan fingerprint density at radius 2 is 1.71 bits per heavy atom. The van der Waals surface area contributed by atoms with Crippen molar-refractivity contribution in [1.82, 2.24) is 4.31 Å². The quantitative estimate of drug-likeness (QED) is 0.772. The van der Waals surface area contributed by atoms with E-state index in [2.05, 4.69) is 10.6 Å². The number of piperidine rings is 1. The van der Waals surface area contributed by atoms with Crippen LogP contribution in [0.2, 0.25) is 0 Å². The Kier molecular flexibility index (Phi) is 6.31. The molecule has 0 radical (unpaired) electrons. The van der Waals surface area contributed by atoms with Crippen LogP contribution < -0.4 is 10.6 Å². The van der Waals surface area contributed by atoms with Crippen molar-refractivity contribution in [2.24, 2.45) is 0 Å². The van der Waals surface area contributed by atoms with Gasteiger partial charge in [-0.15, -0.1) is 0 Å². The zero-order valence-corrected chi connectivity index (χ0v) is 16.5. The largest absolute Gasteiger partial charge is 0.374 e. The summed E-state index contributed by atoms with van der Waals surface area (Å²) in [5, 5.41) is 5.66. The lowest BCUT2D eigenvalue weighted by Crippen LogP contribution is -2.35. The highest BCUT2D eigenvalue weighted by Gasteiger charge is 2.25. The molecular weight excluding hydrogens is 381 g/mol. The summed E-state index contributed by atoms with van der Waals surface area (Å²) in [6.07, 6.45) is 2.81. The fourth-order valence-corrected chi connectivity index (χ4v) is 4.63. The molecule has 2 N–H and O–H groups in total. The van der Waals surface area contributed by atoms with Gasteiger partial charge in [0.05, 0.1) is 4.90 Å². The lowest BCUT2D eigenvalue weighted by atomic mass is 10.2. The second-order valence-electron chi connectivity index (χ2n) is 6.85. The van der Waals surface area contributed by atoms with Crippen LogP contribution in [0.3, 0.4) is 0 Å². The van der Waals surface area contributed by atoms with Gasteiger partial charge in [0.15, 0.2) is 0 Å². The van der Waals surface area contributed by atoms with E-state index in [1.807, 2.05) is 0 Å². The minimum Gasteiger partial charge on any atom is -0.374 e. The monoisotopic (exact) mass is 405 g/mol. The van der Waals surface area contributed by atoms with Gasteiger partial charge < -0.3 is 10.6 Å². The Balaban J connectivity index is 1.62. The molecule has 2 aromatic rings. The SMILES string of the molecule is C[C@H](Nc1cccc(F)c1)C(=O)Nc1ccc(S(=O)(=O)N2CCCCC2)cc1. The van der Waals surface area contributed by atoms with Crippen molar-refractivity contribution in [2.45, 2.75) is 37.1 Å². The molecule has 0 bridgehead atoms. The first-order valence-electron chi connectivity index (χ1n) is 9.29. The molecule has 3 rings (SSSR count). The lowest BCUT2D eigenvalue weighted by molar-refractivity contribution is -0.116. The van der Waals surface area contributed by atoms with Crippen LogP contribution in [0.5, 0.6) is 0 Å². The van der Waals surface area contributed by atoms with Crippen LogP contribution in [0.25, 0.3) is 0 Å². The molecule has 1 fully saturated rings. The van der Waals surface area contributed by atoms with E-state index >= 15 is 0 Å². The average Bonchev–Trinajstić information content (AvgIpc) is 2.69. The Morgan fingerprint density at radius 3 is 2.36 bits per heavy atom. The first-order chi connectivity index (χ1) is 13.4. The predicted molar refractivity (Wildman–Crippen MR) is 107 cm³/mol. The van der Waals surface area contributed by atoms with E-state index in [1.54, 1.807) is 31.2 Å². The number of nitrogens with one attached hydrogen (secondary N) is 2. The van der Waals surface area contributed by atoms with Crippen molar-refractivity contribution in [3.8, 4) is 0 Å². The fraction of sp³-hybridized carbons (Fsp3) is 0.350. The minimum absolute atomic E-state index is 0.221. The molecule has 1 heterocycles. The van der Waals surface area contributed by atoms with E-state index in [9.17, 15) is 17.6 Å². The van der Waals surface area contributed by atoms with Gasteiger partial charge in [-0.3, -0.25) is 4.79 Å². The summed E-state index contributed by atoms with van der Waals surface area (Å²) >= 11 is 0. The van der Waals surface area contributed by atoms with Crippen molar-refractivity contribution in [1.29, 1.82) is 0 Å². The van der Waals surface area contributed by atoms with Gasteiger partial charge in [0.1, 0.15) is 11.9 Å². The molecule has 0 spiro atoms. The molecule has 28 heavy (non-hydrogen) atoms. The molecule has 8 heteroatoms. The van der Waals surface area contributed by atoms with E-state index in [0.29, 0.717) is 24.5 Å². The summed E-state index contributed by atoms with van der Waals surface area (Å²) in [5.74, 6) is -0.695. The van der Waals surface area contributed by atoms with Crippen LogP contribution in [-0.2, 0) is 14.8 Å². The number of amides is 1. The number of anilines is 2. The van der Waals surface area contributed by atoms with Gasteiger partial charge in [0.2, 0.25) is 15.9 Å². The number of nitrogens with zero attached hydrogens (tertiary/aromatic N) is 1. The van der Waals surface area contributed by atoms with Crippen LogP contribution in [0.4, 0.5) is 15.8 Å². The summed E-state index contributed by atoms with van der Waals surface area (Å²) in [6, 6.07) is 11.4. The Bertz CT molecular complexity index is 926. The van der Waals surface area contributed by atoms with E-state index in [0.717, 1.165) is 19.3 Å². The maximum atomic E-state index is 13.2. The molecule has 1 amide bonds. The van der Waals surface area contributed by atoms with Crippen molar-refractivity contribution < 1.29 is 17.6 Å². The van der Waals surface area contributed by atoms with Crippen molar-refractivity contribution in [2.75, 3.05) is 23.7 Å². The molecule has 1 aliphatic heterocycles. The number of halogens is 1. The zero-order chi connectivity index (χ0) is 20.1. The third-order valence-corrected chi connectivity index (χ3v) is 6.59. The second kappa shape index (κ2) is 8.70. The van der Waals surface area contributed by atoms with Crippen LogP contribution in [0.1, 0.15) is 26.2 Å². The number of sulfonamides is 1. The van der Waals surface area contributed by atoms with Crippen molar-refractivity contribution >= 4 is 27.3 Å². The molecule has 0 unspecified atom stereocenters. The third kappa shape index (κ3) is 4.88. The van der Waals surface area contributed by atoms with Crippen molar-refractivity contribution in [3.05, 3.63) is 54.3 Å². The molecule has 0 saturated carbocycles. The number of rotatable bonds is 6. The molecule has 0 aliphatic carbocycles. The van der Waals surface area contributed by atoms with Crippen LogP contribution in [-0.4, -0.2) is 37.8 Å². The molecule has 2 aromatic carbocycles. The number of hydrogen-bond acceptors (Lipinski definition) is 4. The first kappa shape index (κ1) is 20.3. The van der Waals surface area contributed by atoms with Gasteiger partial charge in [-0.25, -0.2) is 12.8 Å². The van der Waals surface area contributed by atoms with Gasteiger partial charge in [0.25, 0.3) is 0 Å². The third-order valence-electron chi connectivity index (χ3n) is 4.68. The molecule has 1 atom stereocenters. The van der Waals surface area contributed by atoms with Crippen LogP contribution >= 0.6 is 0 Å². The van der Waals surface area contributed by atoms with Gasteiger partial charge in [-0.1, -0.05) is 12.5 Å².